The van der Waals surface area contributed by atoms with Crippen molar-refractivity contribution >= 4 is 18.4 Å². The maximum atomic E-state index is 13.0. The van der Waals surface area contributed by atoms with Gasteiger partial charge in [0.05, 0.1) is 12.7 Å². The Balaban J connectivity index is 0.00000289. The van der Waals surface area contributed by atoms with E-state index in [1.54, 1.807) is 0 Å². The first-order chi connectivity index (χ1) is 7.75. The minimum atomic E-state index is -4.70. The van der Waals surface area contributed by atoms with E-state index >= 15 is 0 Å². The van der Waals surface area contributed by atoms with Crippen LogP contribution in [0.3, 0.4) is 0 Å². The molecule has 0 saturated heterocycles. The number of nitrogens with two attached hydrogens (primary N) is 1. The average molecular weight is 288 g/mol. The van der Waals surface area contributed by atoms with Crippen LogP contribution in [0.1, 0.15) is 17.2 Å². The summed E-state index contributed by atoms with van der Waals surface area (Å²) >= 11 is 0. The molecule has 0 fully saturated rings. The third-order valence-electron chi connectivity index (χ3n) is 2.06. The van der Waals surface area contributed by atoms with E-state index in [4.69, 9.17) is 5.73 Å². The second-order valence-electron chi connectivity index (χ2n) is 3.27. The van der Waals surface area contributed by atoms with Gasteiger partial charge < -0.3 is 10.5 Å². The van der Waals surface area contributed by atoms with Crippen LogP contribution < -0.4 is 5.73 Å². The molecule has 0 unspecified atom stereocenters. The van der Waals surface area contributed by atoms with Crippen molar-refractivity contribution in [3.8, 4) is 0 Å². The van der Waals surface area contributed by atoms with Crippen LogP contribution in [-0.2, 0) is 15.7 Å². The fourth-order valence-corrected chi connectivity index (χ4v) is 1.22. The van der Waals surface area contributed by atoms with Crippen LogP contribution >= 0.6 is 12.4 Å². The normalized spacial score (nSPS) is 12.6. The Kier molecular flexibility index (Phi) is 5.56. The van der Waals surface area contributed by atoms with E-state index in [-0.39, 0.29) is 18.0 Å². The predicted octanol–water partition coefficient (Wildman–Crippen LogP) is 2.44. The Morgan fingerprint density at radius 1 is 1.33 bits per heavy atom. The largest absolute Gasteiger partial charge is 0.468 e. The summed E-state index contributed by atoms with van der Waals surface area (Å²) in [6, 6.07) is 0.256. The number of hydrogen-bond donors (Lipinski definition) is 1. The van der Waals surface area contributed by atoms with Gasteiger partial charge >= 0.3 is 12.1 Å². The van der Waals surface area contributed by atoms with E-state index in [1.807, 2.05) is 0 Å². The molecule has 1 atom stereocenters. The van der Waals surface area contributed by atoms with E-state index in [1.165, 1.54) is 0 Å². The molecular formula is C10H10ClF4NO2. The lowest BCUT2D eigenvalue weighted by molar-refractivity contribution is -0.143. The fraction of sp³-hybridized carbons (Fsp3) is 0.300. The number of hydrogen-bond acceptors (Lipinski definition) is 3. The molecule has 18 heavy (non-hydrogen) atoms. The third kappa shape index (κ3) is 3.85. The fourth-order valence-electron chi connectivity index (χ4n) is 1.22. The lowest BCUT2D eigenvalue weighted by Gasteiger charge is -2.13. The summed E-state index contributed by atoms with van der Waals surface area (Å²) in [5.41, 5.74) is 3.83. The van der Waals surface area contributed by atoms with Gasteiger partial charge in [-0.3, -0.25) is 4.79 Å². The highest BCUT2D eigenvalue weighted by molar-refractivity contribution is 5.85. The number of esters is 1. The summed E-state index contributed by atoms with van der Waals surface area (Å²) in [7, 11) is 1.03. The van der Waals surface area contributed by atoms with E-state index in [0.29, 0.717) is 12.1 Å². The SMILES string of the molecule is COC(=O)[C@@H](N)c1cc(F)cc(C(F)(F)F)c1.Cl. The quantitative estimate of drug-likeness (QED) is 0.671. The average Bonchev–Trinajstić information content (AvgIpc) is 2.25. The van der Waals surface area contributed by atoms with E-state index < -0.39 is 29.6 Å². The van der Waals surface area contributed by atoms with Crippen LogP contribution in [0.4, 0.5) is 17.6 Å². The summed E-state index contributed by atoms with van der Waals surface area (Å²) < 4.78 is 54.4. The van der Waals surface area contributed by atoms with Crippen LogP contribution in [-0.4, -0.2) is 13.1 Å². The minimum Gasteiger partial charge on any atom is -0.468 e. The Morgan fingerprint density at radius 2 is 1.89 bits per heavy atom. The number of rotatable bonds is 2. The Bertz CT molecular complexity index is 436. The lowest BCUT2D eigenvalue weighted by atomic mass is 10.0. The highest BCUT2D eigenvalue weighted by Crippen LogP contribution is 2.31. The molecule has 0 aromatic heterocycles. The van der Waals surface area contributed by atoms with E-state index in [2.05, 4.69) is 4.74 Å². The number of benzene rings is 1. The van der Waals surface area contributed by atoms with Gasteiger partial charge in [-0.2, -0.15) is 13.2 Å². The van der Waals surface area contributed by atoms with Crippen molar-refractivity contribution in [2.45, 2.75) is 12.2 Å². The number of alkyl halides is 3. The predicted molar refractivity (Wildman–Crippen MR) is 57.6 cm³/mol. The molecule has 102 valence electrons. The first-order valence-corrected chi connectivity index (χ1v) is 4.47. The highest BCUT2D eigenvalue weighted by atomic mass is 35.5. The van der Waals surface area contributed by atoms with Gasteiger partial charge in [0.25, 0.3) is 0 Å². The van der Waals surface area contributed by atoms with Gasteiger partial charge in [-0.1, -0.05) is 0 Å². The second kappa shape index (κ2) is 6.01. The zero-order valence-corrected chi connectivity index (χ0v) is 9.94. The van der Waals surface area contributed by atoms with Gasteiger partial charge in [-0.15, -0.1) is 12.4 Å². The smallest absolute Gasteiger partial charge is 0.416 e. The van der Waals surface area contributed by atoms with Crippen molar-refractivity contribution < 1.29 is 27.1 Å². The van der Waals surface area contributed by atoms with Gasteiger partial charge in [0, 0.05) is 0 Å². The third-order valence-corrected chi connectivity index (χ3v) is 2.06. The molecule has 0 radical (unpaired) electrons. The summed E-state index contributed by atoms with van der Waals surface area (Å²) in [5, 5.41) is 0. The van der Waals surface area contributed by atoms with Crippen molar-refractivity contribution in [3.05, 3.63) is 35.1 Å². The maximum Gasteiger partial charge on any atom is 0.416 e. The standard InChI is InChI=1S/C10H9F4NO2.ClH/c1-17-9(16)8(15)5-2-6(10(12,13)14)4-7(11)3-5;/h2-4,8H,15H2,1H3;1H/t8-;/m0./s1. The molecule has 0 bridgehead atoms. The molecule has 0 aliphatic carbocycles. The molecule has 1 aromatic carbocycles. The van der Waals surface area contributed by atoms with Crippen molar-refractivity contribution in [1.29, 1.82) is 0 Å². The summed E-state index contributed by atoms with van der Waals surface area (Å²) in [6.45, 7) is 0. The Morgan fingerprint density at radius 3 is 2.33 bits per heavy atom. The molecule has 1 aromatic rings. The van der Waals surface area contributed by atoms with E-state index in [0.717, 1.165) is 13.2 Å². The number of carbonyl (C=O) groups excluding carboxylic acids is 1. The van der Waals surface area contributed by atoms with Crippen LogP contribution in [0, 0.1) is 5.82 Å². The van der Waals surface area contributed by atoms with Gasteiger partial charge in [-0.05, 0) is 23.8 Å². The summed E-state index contributed by atoms with van der Waals surface area (Å²) in [4.78, 5) is 11.0. The zero-order chi connectivity index (χ0) is 13.2. The van der Waals surface area contributed by atoms with Crippen molar-refractivity contribution in [3.63, 3.8) is 0 Å². The van der Waals surface area contributed by atoms with Crippen LogP contribution in [0.15, 0.2) is 18.2 Å². The van der Waals surface area contributed by atoms with Crippen LogP contribution in [0.25, 0.3) is 0 Å². The van der Waals surface area contributed by atoms with Crippen molar-refractivity contribution in [2.75, 3.05) is 7.11 Å². The lowest BCUT2D eigenvalue weighted by Crippen LogP contribution is -2.23. The molecule has 0 heterocycles. The molecule has 0 aliphatic rings. The molecule has 0 aliphatic heterocycles. The topological polar surface area (TPSA) is 52.3 Å². The first-order valence-electron chi connectivity index (χ1n) is 4.47. The molecule has 2 N–H and O–H groups in total. The molecule has 1 rings (SSSR count). The monoisotopic (exact) mass is 287 g/mol. The van der Waals surface area contributed by atoms with E-state index in [9.17, 15) is 22.4 Å². The molecule has 0 saturated carbocycles. The number of carbonyl (C=O) groups is 1. The summed E-state index contributed by atoms with van der Waals surface area (Å²) in [6.07, 6.45) is -4.70. The number of ether oxygens (including phenoxy) is 1. The minimum absolute atomic E-state index is 0. The molecule has 8 heteroatoms. The molecule has 0 spiro atoms. The highest BCUT2D eigenvalue weighted by Gasteiger charge is 2.32. The van der Waals surface area contributed by atoms with Gasteiger partial charge in [-0.25, -0.2) is 4.39 Å². The first kappa shape index (κ1) is 16.7. The number of methoxy groups -OCH3 is 1. The van der Waals surface area contributed by atoms with Crippen molar-refractivity contribution in [2.24, 2.45) is 5.73 Å². The van der Waals surface area contributed by atoms with Gasteiger partial charge in [0.2, 0.25) is 0 Å². The van der Waals surface area contributed by atoms with Crippen molar-refractivity contribution in [1.82, 2.24) is 0 Å². The molecule has 0 amide bonds. The second-order valence-corrected chi connectivity index (χ2v) is 3.27. The Labute approximate surface area is 106 Å². The van der Waals surface area contributed by atoms with Crippen LogP contribution in [0.2, 0.25) is 0 Å². The molecule has 3 nitrogen and oxygen atoms in total. The summed E-state index contributed by atoms with van der Waals surface area (Å²) in [5.74, 6) is -2.06. The molecular weight excluding hydrogens is 278 g/mol. The van der Waals surface area contributed by atoms with Gasteiger partial charge in [0.15, 0.2) is 0 Å². The van der Waals surface area contributed by atoms with Crippen LogP contribution in [0.5, 0.6) is 0 Å². The zero-order valence-electron chi connectivity index (χ0n) is 9.12. The van der Waals surface area contributed by atoms with Gasteiger partial charge in [0.1, 0.15) is 11.9 Å². The Hall–Kier alpha value is -1.34. The number of halogens is 5. The maximum absolute atomic E-state index is 13.0.